The SMILES string of the molecule is CCOCC(=O)/C(C(=O)OCC)=C(/N)C(F)(F)F. The number of Topliss-reactive ketones (excluding diaryl/α,β-unsaturated/α-hetero) is 1. The Morgan fingerprint density at radius 3 is 2.11 bits per heavy atom. The average molecular weight is 269 g/mol. The smallest absolute Gasteiger partial charge is 0.431 e. The Bertz CT molecular complexity index is 350. The minimum Gasteiger partial charge on any atom is -0.462 e. The summed E-state index contributed by atoms with van der Waals surface area (Å²) in [5, 5.41) is 0. The number of rotatable bonds is 6. The fourth-order valence-electron chi connectivity index (χ4n) is 0.986. The summed E-state index contributed by atoms with van der Waals surface area (Å²) in [5.41, 5.74) is 1.78. The van der Waals surface area contributed by atoms with Crippen LogP contribution in [0.3, 0.4) is 0 Å². The van der Waals surface area contributed by atoms with Crippen molar-refractivity contribution in [2.45, 2.75) is 20.0 Å². The number of ether oxygens (including phenoxy) is 2. The van der Waals surface area contributed by atoms with E-state index in [4.69, 9.17) is 5.73 Å². The van der Waals surface area contributed by atoms with Gasteiger partial charge in [0.2, 0.25) is 0 Å². The maximum absolute atomic E-state index is 12.4. The Morgan fingerprint density at radius 2 is 1.72 bits per heavy atom. The molecule has 0 unspecified atom stereocenters. The molecule has 0 bridgehead atoms. The lowest BCUT2D eigenvalue weighted by molar-refractivity contribution is -0.142. The summed E-state index contributed by atoms with van der Waals surface area (Å²) in [6, 6.07) is 0. The van der Waals surface area contributed by atoms with E-state index in [0.29, 0.717) is 0 Å². The van der Waals surface area contributed by atoms with Crippen LogP contribution >= 0.6 is 0 Å². The van der Waals surface area contributed by atoms with E-state index in [-0.39, 0.29) is 13.2 Å². The third-order valence-corrected chi connectivity index (χ3v) is 1.77. The topological polar surface area (TPSA) is 78.6 Å². The summed E-state index contributed by atoms with van der Waals surface area (Å²) in [6.45, 7) is 2.23. The highest BCUT2D eigenvalue weighted by molar-refractivity contribution is 6.18. The van der Waals surface area contributed by atoms with Crippen molar-refractivity contribution in [3.05, 3.63) is 11.3 Å². The van der Waals surface area contributed by atoms with Gasteiger partial charge in [0.15, 0.2) is 5.78 Å². The number of halogens is 3. The summed E-state index contributed by atoms with van der Waals surface area (Å²) in [4.78, 5) is 22.7. The van der Waals surface area contributed by atoms with Gasteiger partial charge in [-0.25, -0.2) is 4.79 Å². The van der Waals surface area contributed by atoms with Crippen molar-refractivity contribution in [1.29, 1.82) is 0 Å². The van der Waals surface area contributed by atoms with Crippen molar-refractivity contribution in [2.75, 3.05) is 19.8 Å². The molecule has 0 fully saturated rings. The second-order valence-corrected chi connectivity index (χ2v) is 3.07. The molecule has 0 aromatic heterocycles. The van der Waals surface area contributed by atoms with Gasteiger partial charge in [0.25, 0.3) is 0 Å². The molecule has 0 rings (SSSR count). The van der Waals surface area contributed by atoms with E-state index in [1.165, 1.54) is 6.92 Å². The lowest BCUT2D eigenvalue weighted by atomic mass is 10.1. The largest absolute Gasteiger partial charge is 0.462 e. The van der Waals surface area contributed by atoms with Crippen molar-refractivity contribution in [1.82, 2.24) is 0 Å². The highest BCUT2D eigenvalue weighted by atomic mass is 19.4. The summed E-state index contributed by atoms with van der Waals surface area (Å²) >= 11 is 0. The van der Waals surface area contributed by atoms with Crippen LogP contribution < -0.4 is 5.73 Å². The monoisotopic (exact) mass is 269 g/mol. The molecule has 5 nitrogen and oxygen atoms in total. The highest BCUT2D eigenvalue weighted by Crippen LogP contribution is 2.25. The molecule has 0 saturated heterocycles. The Labute approximate surface area is 102 Å². The van der Waals surface area contributed by atoms with Crippen LogP contribution in [0.25, 0.3) is 0 Å². The summed E-state index contributed by atoms with van der Waals surface area (Å²) < 4.78 is 46.2. The zero-order valence-electron chi connectivity index (χ0n) is 9.97. The molecule has 0 aromatic rings. The second-order valence-electron chi connectivity index (χ2n) is 3.07. The minimum absolute atomic E-state index is 0.119. The van der Waals surface area contributed by atoms with E-state index in [0.717, 1.165) is 0 Å². The Hall–Kier alpha value is -1.57. The van der Waals surface area contributed by atoms with Gasteiger partial charge in [0, 0.05) is 6.61 Å². The van der Waals surface area contributed by atoms with Crippen LogP contribution in [0.2, 0.25) is 0 Å². The maximum Gasteiger partial charge on any atom is 0.431 e. The van der Waals surface area contributed by atoms with Crippen LogP contribution in [0.4, 0.5) is 13.2 Å². The van der Waals surface area contributed by atoms with Crippen molar-refractivity contribution in [3.63, 3.8) is 0 Å². The first-order valence-electron chi connectivity index (χ1n) is 5.10. The van der Waals surface area contributed by atoms with E-state index in [1.807, 2.05) is 0 Å². The minimum atomic E-state index is -4.98. The van der Waals surface area contributed by atoms with E-state index in [9.17, 15) is 22.8 Å². The fourth-order valence-corrected chi connectivity index (χ4v) is 0.986. The van der Waals surface area contributed by atoms with Gasteiger partial charge in [-0.3, -0.25) is 4.79 Å². The molecule has 0 saturated carbocycles. The van der Waals surface area contributed by atoms with Gasteiger partial charge in [-0.05, 0) is 13.8 Å². The average Bonchev–Trinajstić information content (AvgIpc) is 2.25. The van der Waals surface area contributed by atoms with Crippen LogP contribution in [0.1, 0.15) is 13.8 Å². The number of hydrogen-bond acceptors (Lipinski definition) is 5. The van der Waals surface area contributed by atoms with E-state index in [1.54, 1.807) is 6.92 Å². The maximum atomic E-state index is 12.4. The lowest BCUT2D eigenvalue weighted by Crippen LogP contribution is -2.30. The second kappa shape index (κ2) is 7.00. The third kappa shape index (κ3) is 4.74. The van der Waals surface area contributed by atoms with Gasteiger partial charge in [-0.2, -0.15) is 13.2 Å². The number of hydrogen-bond donors (Lipinski definition) is 1. The molecule has 0 radical (unpaired) electrons. The molecular formula is C10H14F3NO4. The van der Waals surface area contributed by atoms with Crippen LogP contribution in [0.5, 0.6) is 0 Å². The van der Waals surface area contributed by atoms with Gasteiger partial charge in [-0.1, -0.05) is 0 Å². The predicted molar refractivity (Wildman–Crippen MR) is 55.4 cm³/mol. The first-order chi connectivity index (χ1) is 8.25. The van der Waals surface area contributed by atoms with Gasteiger partial charge in [-0.15, -0.1) is 0 Å². The standard InChI is InChI=1S/C10H14F3NO4/c1-3-17-5-6(15)7(9(16)18-4-2)8(14)10(11,12)13/h3-5,14H2,1-2H3/b8-7-. The van der Waals surface area contributed by atoms with Crippen molar-refractivity contribution >= 4 is 11.8 Å². The molecule has 0 spiro atoms. The molecule has 0 atom stereocenters. The van der Waals surface area contributed by atoms with Crippen LogP contribution in [-0.4, -0.2) is 37.7 Å². The molecule has 0 aliphatic carbocycles. The Kier molecular flexibility index (Phi) is 6.39. The molecule has 18 heavy (non-hydrogen) atoms. The molecule has 104 valence electrons. The van der Waals surface area contributed by atoms with E-state index >= 15 is 0 Å². The molecule has 0 aromatic carbocycles. The summed E-state index contributed by atoms with van der Waals surface area (Å²) in [6.07, 6.45) is -4.98. The lowest BCUT2D eigenvalue weighted by Gasteiger charge is -2.12. The number of alkyl halides is 3. The molecular weight excluding hydrogens is 255 g/mol. The Morgan fingerprint density at radius 1 is 1.17 bits per heavy atom. The van der Waals surface area contributed by atoms with Gasteiger partial charge in [0.1, 0.15) is 17.9 Å². The molecule has 0 amide bonds. The van der Waals surface area contributed by atoms with Crippen molar-refractivity contribution in [3.8, 4) is 0 Å². The number of ketones is 1. The number of nitrogens with two attached hydrogens (primary N) is 1. The molecule has 0 aliphatic heterocycles. The Balaban J connectivity index is 5.31. The van der Waals surface area contributed by atoms with Crippen LogP contribution in [-0.2, 0) is 19.1 Å². The van der Waals surface area contributed by atoms with E-state index in [2.05, 4.69) is 9.47 Å². The zero-order valence-corrected chi connectivity index (χ0v) is 9.97. The molecule has 0 aliphatic rings. The third-order valence-electron chi connectivity index (χ3n) is 1.77. The van der Waals surface area contributed by atoms with Crippen molar-refractivity contribution < 1.29 is 32.2 Å². The summed E-state index contributed by atoms with van der Waals surface area (Å²) in [5.74, 6) is -2.57. The van der Waals surface area contributed by atoms with Gasteiger partial charge >= 0.3 is 12.1 Å². The van der Waals surface area contributed by atoms with Crippen LogP contribution in [0, 0.1) is 0 Å². The quantitative estimate of drug-likeness (QED) is 0.336. The normalized spacial score (nSPS) is 12.9. The molecule has 0 heterocycles. The first-order valence-corrected chi connectivity index (χ1v) is 5.10. The number of allylic oxidation sites excluding steroid dienone is 1. The zero-order chi connectivity index (χ0) is 14.3. The molecule has 2 N–H and O–H groups in total. The number of carbonyl (C=O) groups is 2. The fraction of sp³-hybridized carbons (Fsp3) is 0.600. The first kappa shape index (κ1) is 16.4. The van der Waals surface area contributed by atoms with E-state index < -0.39 is 35.8 Å². The van der Waals surface area contributed by atoms with Gasteiger partial charge < -0.3 is 15.2 Å². The highest BCUT2D eigenvalue weighted by Gasteiger charge is 2.39. The van der Waals surface area contributed by atoms with Crippen molar-refractivity contribution in [2.24, 2.45) is 5.73 Å². The number of carbonyl (C=O) groups excluding carboxylic acids is 2. The number of esters is 1. The molecule has 8 heteroatoms. The van der Waals surface area contributed by atoms with Crippen LogP contribution in [0.15, 0.2) is 11.3 Å². The summed E-state index contributed by atoms with van der Waals surface area (Å²) in [7, 11) is 0. The van der Waals surface area contributed by atoms with Gasteiger partial charge in [0.05, 0.1) is 6.61 Å². The predicted octanol–water partition coefficient (Wildman–Crippen LogP) is 0.930.